The maximum Gasteiger partial charge on any atom is 0.237 e. The van der Waals surface area contributed by atoms with E-state index in [-0.39, 0.29) is 5.91 Å². The van der Waals surface area contributed by atoms with Crippen LogP contribution in [0.3, 0.4) is 0 Å². The maximum absolute atomic E-state index is 12.3. The third-order valence-electron chi connectivity index (χ3n) is 2.87. The van der Waals surface area contributed by atoms with Crippen LogP contribution in [0.15, 0.2) is 40.3 Å². The lowest BCUT2D eigenvalue weighted by Gasteiger charge is -2.22. The fourth-order valence-corrected chi connectivity index (χ4v) is 2.54. The molecule has 0 unspecified atom stereocenters. The quantitative estimate of drug-likeness (QED) is 0.853. The summed E-state index contributed by atoms with van der Waals surface area (Å²) in [5.41, 5.74) is 0. The molecule has 0 fully saturated rings. The number of carbonyl (C=O) groups excluding carboxylic acids is 1. The van der Waals surface area contributed by atoms with Crippen molar-refractivity contribution in [2.45, 2.75) is 33.0 Å². The summed E-state index contributed by atoms with van der Waals surface area (Å²) in [4.78, 5) is 15.3. The summed E-state index contributed by atoms with van der Waals surface area (Å²) in [7, 11) is 0. The molecule has 108 valence electrons. The highest BCUT2D eigenvalue weighted by Gasteiger charge is 2.16. The normalized spacial score (nSPS) is 10.9. The number of furan rings is 1. The molecule has 2 aromatic heterocycles. The van der Waals surface area contributed by atoms with Gasteiger partial charge in [0.1, 0.15) is 5.76 Å². The third-order valence-corrected chi connectivity index (χ3v) is 3.73. The molecule has 0 aliphatic heterocycles. The molecule has 20 heavy (non-hydrogen) atoms. The van der Waals surface area contributed by atoms with Gasteiger partial charge in [0.2, 0.25) is 5.91 Å². The molecule has 1 N–H and O–H groups in total. The van der Waals surface area contributed by atoms with E-state index >= 15 is 0 Å². The number of carbonyl (C=O) groups is 1. The average Bonchev–Trinajstić information content (AvgIpc) is 3.08. The molecule has 0 aromatic carbocycles. The van der Waals surface area contributed by atoms with Crippen LogP contribution >= 0.6 is 11.3 Å². The van der Waals surface area contributed by atoms with E-state index in [4.69, 9.17) is 4.42 Å². The zero-order chi connectivity index (χ0) is 14.4. The molecule has 2 heterocycles. The predicted octanol–water partition coefficient (Wildman–Crippen LogP) is 2.87. The van der Waals surface area contributed by atoms with Gasteiger partial charge in [-0.25, -0.2) is 0 Å². The molecular formula is C15H20N2O2S. The Kier molecular flexibility index (Phi) is 5.38. The Labute approximate surface area is 123 Å². The summed E-state index contributed by atoms with van der Waals surface area (Å²) in [6, 6.07) is 8.08. The summed E-state index contributed by atoms with van der Waals surface area (Å²) < 4.78 is 5.35. The summed E-state index contributed by atoms with van der Waals surface area (Å²) in [6.45, 7) is 5.54. The molecule has 0 atom stereocenters. The van der Waals surface area contributed by atoms with E-state index in [1.165, 1.54) is 4.88 Å². The second-order valence-electron chi connectivity index (χ2n) is 4.94. The molecule has 0 spiro atoms. The van der Waals surface area contributed by atoms with E-state index in [9.17, 15) is 4.79 Å². The molecule has 1 amide bonds. The zero-order valence-corrected chi connectivity index (χ0v) is 12.7. The van der Waals surface area contributed by atoms with E-state index in [1.807, 2.05) is 48.4 Å². The van der Waals surface area contributed by atoms with Gasteiger partial charge in [-0.1, -0.05) is 19.9 Å². The fourth-order valence-electron chi connectivity index (χ4n) is 1.82. The first-order chi connectivity index (χ1) is 9.65. The van der Waals surface area contributed by atoms with Crippen molar-refractivity contribution in [2.75, 3.05) is 6.54 Å². The Bertz CT molecular complexity index is 470. The Morgan fingerprint density at radius 1 is 1.35 bits per heavy atom. The van der Waals surface area contributed by atoms with E-state index < -0.39 is 0 Å². The highest BCUT2D eigenvalue weighted by atomic mass is 32.1. The van der Waals surface area contributed by atoms with E-state index in [0.29, 0.717) is 25.7 Å². The molecule has 0 bridgehead atoms. The number of rotatable bonds is 7. The minimum absolute atomic E-state index is 0.0866. The van der Waals surface area contributed by atoms with Crippen molar-refractivity contribution in [1.29, 1.82) is 0 Å². The molecule has 0 saturated carbocycles. The number of nitrogens with one attached hydrogen (secondary N) is 1. The van der Waals surface area contributed by atoms with Crippen molar-refractivity contribution < 1.29 is 9.21 Å². The number of nitrogens with zero attached hydrogens (tertiary/aromatic N) is 1. The second kappa shape index (κ2) is 7.26. The van der Waals surface area contributed by atoms with Gasteiger partial charge in [0.25, 0.3) is 0 Å². The first kappa shape index (κ1) is 14.8. The smallest absolute Gasteiger partial charge is 0.237 e. The van der Waals surface area contributed by atoms with Crippen LogP contribution in [0, 0.1) is 0 Å². The zero-order valence-electron chi connectivity index (χ0n) is 11.8. The monoisotopic (exact) mass is 292 g/mol. The van der Waals surface area contributed by atoms with Gasteiger partial charge in [0, 0.05) is 10.9 Å². The van der Waals surface area contributed by atoms with Gasteiger partial charge in [-0.05, 0) is 23.6 Å². The van der Waals surface area contributed by atoms with Crippen molar-refractivity contribution in [2.24, 2.45) is 0 Å². The Morgan fingerprint density at radius 3 is 2.80 bits per heavy atom. The first-order valence-corrected chi connectivity index (χ1v) is 7.59. The Morgan fingerprint density at radius 2 is 2.20 bits per heavy atom. The fraction of sp³-hybridized carbons (Fsp3) is 0.400. The van der Waals surface area contributed by atoms with Crippen LogP contribution in [-0.4, -0.2) is 23.4 Å². The molecule has 5 heteroatoms. The SMILES string of the molecule is CC(C)NCC(=O)N(Cc1ccco1)Cc1cccs1. The molecule has 4 nitrogen and oxygen atoms in total. The van der Waals surface area contributed by atoms with Gasteiger partial charge in [-0.2, -0.15) is 0 Å². The van der Waals surface area contributed by atoms with Crippen molar-refractivity contribution in [3.05, 3.63) is 46.5 Å². The van der Waals surface area contributed by atoms with E-state index in [1.54, 1.807) is 17.6 Å². The molecule has 0 saturated heterocycles. The van der Waals surface area contributed by atoms with E-state index in [0.717, 1.165) is 5.76 Å². The Hall–Kier alpha value is -1.59. The average molecular weight is 292 g/mol. The number of hydrogen-bond acceptors (Lipinski definition) is 4. The lowest BCUT2D eigenvalue weighted by molar-refractivity contribution is -0.131. The summed E-state index contributed by atoms with van der Waals surface area (Å²) in [5.74, 6) is 0.892. The third kappa shape index (κ3) is 4.51. The topological polar surface area (TPSA) is 45.5 Å². The minimum Gasteiger partial charge on any atom is -0.467 e. The highest BCUT2D eigenvalue weighted by Crippen LogP contribution is 2.14. The standard InChI is InChI=1S/C15H20N2O2S/c1-12(2)16-9-15(18)17(10-13-5-3-7-19-13)11-14-6-4-8-20-14/h3-8,12,16H,9-11H2,1-2H3. The van der Waals surface area contributed by atoms with Crippen LogP contribution in [-0.2, 0) is 17.9 Å². The van der Waals surface area contributed by atoms with Crippen LogP contribution < -0.4 is 5.32 Å². The van der Waals surface area contributed by atoms with E-state index in [2.05, 4.69) is 5.32 Å². The Balaban J connectivity index is 2.00. The second-order valence-corrected chi connectivity index (χ2v) is 5.98. The molecule has 2 rings (SSSR count). The van der Waals surface area contributed by atoms with Gasteiger partial charge in [-0.3, -0.25) is 4.79 Å². The van der Waals surface area contributed by atoms with Crippen LogP contribution in [0.4, 0.5) is 0 Å². The molecule has 0 aliphatic carbocycles. The first-order valence-electron chi connectivity index (χ1n) is 6.71. The molecule has 0 aliphatic rings. The van der Waals surface area contributed by atoms with Crippen LogP contribution in [0.2, 0.25) is 0 Å². The van der Waals surface area contributed by atoms with Crippen molar-refractivity contribution >= 4 is 17.2 Å². The number of hydrogen-bond donors (Lipinski definition) is 1. The van der Waals surface area contributed by atoms with Crippen LogP contribution in [0.25, 0.3) is 0 Å². The molecule has 2 aromatic rings. The van der Waals surface area contributed by atoms with Crippen molar-refractivity contribution in [1.82, 2.24) is 10.2 Å². The highest BCUT2D eigenvalue weighted by molar-refractivity contribution is 7.09. The number of thiophene rings is 1. The predicted molar refractivity (Wildman–Crippen MR) is 80.4 cm³/mol. The summed E-state index contributed by atoms with van der Waals surface area (Å²) >= 11 is 1.66. The largest absolute Gasteiger partial charge is 0.467 e. The van der Waals surface area contributed by atoms with Crippen molar-refractivity contribution in [3.63, 3.8) is 0 Å². The lowest BCUT2D eigenvalue weighted by Crippen LogP contribution is -2.39. The maximum atomic E-state index is 12.3. The number of amides is 1. The van der Waals surface area contributed by atoms with Crippen LogP contribution in [0.5, 0.6) is 0 Å². The minimum atomic E-state index is 0.0866. The molecular weight excluding hydrogens is 272 g/mol. The molecule has 0 radical (unpaired) electrons. The summed E-state index contributed by atoms with van der Waals surface area (Å²) in [5, 5.41) is 5.19. The van der Waals surface area contributed by atoms with Gasteiger partial charge in [0.05, 0.1) is 25.9 Å². The van der Waals surface area contributed by atoms with Gasteiger partial charge in [0.15, 0.2) is 0 Å². The van der Waals surface area contributed by atoms with Crippen molar-refractivity contribution in [3.8, 4) is 0 Å². The summed E-state index contributed by atoms with van der Waals surface area (Å²) in [6.07, 6.45) is 1.63. The van der Waals surface area contributed by atoms with Crippen LogP contribution in [0.1, 0.15) is 24.5 Å². The lowest BCUT2D eigenvalue weighted by atomic mass is 10.3. The van der Waals surface area contributed by atoms with Gasteiger partial charge in [-0.15, -0.1) is 11.3 Å². The van der Waals surface area contributed by atoms with Gasteiger partial charge < -0.3 is 14.6 Å². The van der Waals surface area contributed by atoms with Gasteiger partial charge >= 0.3 is 0 Å².